The molecule has 1 aliphatic rings. The van der Waals surface area contributed by atoms with Gasteiger partial charge in [0.1, 0.15) is 10.6 Å². The van der Waals surface area contributed by atoms with Crippen LogP contribution in [0.3, 0.4) is 0 Å². The molecule has 23 heavy (non-hydrogen) atoms. The molecule has 0 aliphatic heterocycles. The van der Waals surface area contributed by atoms with E-state index >= 15 is 0 Å². The molecule has 5 nitrogen and oxygen atoms in total. The predicted octanol–water partition coefficient (Wildman–Crippen LogP) is 2.38. The van der Waals surface area contributed by atoms with Crippen molar-refractivity contribution in [1.82, 2.24) is 15.3 Å². The first-order valence-corrected chi connectivity index (χ1v) is 9.40. The van der Waals surface area contributed by atoms with Crippen LogP contribution >= 0.6 is 23.1 Å². The van der Waals surface area contributed by atoms with E-state index in [0.717, 1.165) is 23.1 Å². The minimum Gasteiger partial charge on any atom is -0.383 e. The third-order valence-electron chi connectivity index (χ3n) is 3.79. The molecule has 1 amide bonds. The number of hydrogen-bond donors (Lipinski definition) is 2. The van der Waals surface area contributed by atoms with E-state index in [4.69, 9.17) is 12.2 Å². The Labute approximate surface area is 143 Å². The molecular formula is C16H18N4OS2. The number of rotatable bonds is 4. The number of nitrogen functional groups attached to an aromatic ring is 1. The van der Waals surface area contributed by atoms with Crippen molar-refractivity contribution in [2.45, 2.75) is 37.3 Å². The third kappa shape index (κ3) is 3.59. The minimum absolute atomic E-state index is 0.128. The number of carbonyl (C=O) groups is 1. The van der Waals surface area contributed by atoms with Gasteiger partial charge in [-0.15, -0.1) is 17.8 Å². The first kappa shape index (κ1) is 16.1. The summed E-state index contributed by atoms with van der Waals surface area (Å²) in [5.41, 5.74) is 7.51. The summed E-state index contributed by atoms with van der Waals surface area (Å²) in [5, 5.41) is 4.19. The van der Waals surface area contributed by atoms with Gasteiger partial charge in [0.2, 0.25) is 5.91 Å². The Morgan fingerprint density at radius 1 is 1.35 bits per heavy atom. The SMILES string of the molecule is C#CCNC(=O)CSc1nc(N)c2c3c(sc2n1)CCCCC3. The molecular weight excluding hydrogens is 328 g/mol. The van der Waals surface area contributed by atoms with Gasteiger partial charge < -0.3 is 11.1 Å². The molecule has 3 N–H and O–H groups in total. The van der Waals surface area contributed by atoms with Gasteiger partial charge in [-0.25, -0.2) is 9.97 Å². The molecule has 0 aromatic carbocycles. The van der Waals surface area contributed by atoms with Gasteiger partial charge in [0.05, 0.1) is 17.7 Å². The van der Waals surface area contributed by atoms with Gasteiger partial charge in [0.15, 0.2) is 5.16 Å². The Kier molecular flexibility index (Phi) is 5.03. The van der Waals surface area contributed by atoms with Crippen molar-refractivity contribution in [3.8, 4) is 12.3 Å². The van der Waals surface area contributed by atoms with E-state index in [2.05, 4.69) is 21.2 Å². The van der Waals surface area contributed by atoms with E-state index in [1.807, 2.05) is 0 Å². The fourth-order valence-corrected chi connectivity index (χ4v) is 4.75. The van der Waals surface area contributed by atoms with E-state index in [1.165, 1.54) is 41.5 Å². The number of nitrogens with two attached hydrogens (primary N) is 1. The van der Waals surface area contributed by atoms with Gasteiger partial charge in [-0.1, -0.05) is 24.1 Å². The zero-order chi connectivity index (χ0) is 16.2. The maximum Gasteiger partial charge on any atom is 0.231 e. The molecule has 2 aromatic heterocycles. The van der Waals surface area contributed by atoms with E-state index in [-0.39, 0.29) is 18.2 Å². The molecule has 0 unspecified atom stereocenters. The second kappa shape index (κ2) is 7.20. The quantitative estimate of drug-likeness (QED) is 0.384. The number of fused-ring (bicyclic) bond motifs is 3. The van der Waals surface area contributed by atoms with Crippen LogP contribution in [0.25, 0.3) is 10.2 Å². The number of carbonyl (C=O) groups excluding carboxylic acids is 1. The molecule has 0 bridgehead atoms. The number of terminal acetylenes is 1. The maximum absolute atomic E-state index is 11.6. The monoisotopic (exact) mass is 346 g/mol. The van der Waals surface area contributed by atoms with Crippen molar-refractivity contribution in [2.75, 3.05) is 18.0 Å². The molecule has 0 saturated heterocycles. The largest absolute Gasteiger partial charge is 0.383 e. The molecule has 0 atom stereocenters. The molecule has 0 saturated carbocycles. The molecule has 0 spiro atoms. The number of aromatic nitrogens is 2. The number of nitrogens with zero attached hydrogens (tertiary/aromatic N) is 2. The normalized spacial score (nSPS) is 14.0. The van der Waals surface area contributed by atoms with E-state index < -0.39 is 0 Å². The van der Waals surface area contributed by atoms with Crippen LogP contribution in [-0.2, 0) is 17.6 Å². The van der Waals surface area contributed by atoms with Crippen LogP contribution in [0.2, 0.25) is 0 Å². The second-order valence-corrected chi connectivity index (χ2v) is 7.43. The van der Waals surface area contributed by atoms with Gasteiger partial charge in [-0.05, 0) is 31.2 Å². The van der Waals surface area contributed by atoms with Crippen LogP contribution in [0.1, 0.15) is 29.7 Å². The standard InChI is InChI=1S/C16H18N4OS2/c1-2-8-18-12(21)9-22-16-19-14(17)13-10-6-4-3-5-7-11(10)23-15(13)20-16/h1H,3-9H2,(H,18,21)(H2,17,19,20). The summed E-state index contributed by atoms with van der Waals surface area (Å²) < 4.78 is 0. The third-order valence-corrected chi connectivity index (χ3v) is 5.83. The Hall–Kier alpha value is -1.78. The van der Waals surface area contributed by atoms with Crippen LogP contribution in [-0.4, -0.2) is 28.2 Å². The highest BCUT2D eigenvalue weighted by Crippen LogP contribution is 2.37. The number of anilines is 1. The van der Waals surface area contributed by atoms with Crippen LogP contribution in [0, 0.1) is 12.3 Å². The van der Waals surface area contributed by atoms with Crippen molar-refractivity contribution in [2.24, 2.45) is 0 Å². The number of thioether (sulfide) groups is 1. The van der Waals surface area contributed by atoms with Crippen LogP contribution in [0.4, 0.5) is 5.82 Å². The lowest BCUT2D eigenvalue weighted by Gasteiger charge is -2.04. The Morgan fingerprint density at radius 2 is 2.17 bits per heavy atom. The first-order chi connectivity index (χ1) is 11.2. The average molecular weight is 346 g/mol. The van der Waals surface area contributed by atoms with Gasteiger partial charge in [-0.3, -0.25) is 4.79 Å². The number of nitrogens with one attached hydrogen (secondary N) is 1. The number of hydrogen-bond acceptors (Lipinski definition) is 6. The van der Waals surface area contributed by atoms with Crippen LogP contribution in [0.5, 0.6) is 0 Å². The summed E-state index contributed by atoms with van der Waals surface area (Å²) in [6.07, 6.45) is 11.0. The second-order valence-electron chi connectivity index (χ2n) is 5.41. The fraction of sp³-hybridized carbons (Fsp3) is 0.438. The molecule has 0 fully saturated rings. The van der Waals surface area contributed by atoms with Crippen molar-refractivity contribution >= 4 is 45.0 Å². The van der Waals surface area contributed by atoms with Crippen LogP contribution < -0.4 is 11.1 Å². The van der Waals surface area contributed by atoms with Gasteiger partial charge in [-0.2, -0.15) is 0 Å². The van der Waals surface area contributed by atoms with Gasteiger partial charge in [0, 0.05) is 4.88 Å². The topological polar surface area (TPSA) is 80.9 Å². The van der Waals surface area contributed by atoms with Gasteiger partial charge >= 0.3 is 0 Å². The minimum atomic E-state index is -0.128. The summed E-state index contributed by atoms with van der Waals surface area (Å²) in [4.78, 5) is 22.9. The number of aryl methyl sites for hydroxylation is 2. The molecule has 2 heterocycles. The lowest BCUT2D eigenvalue weighted by atomic mass is 10.1. The fourth-order valence-electron chi connectivity index (χ4n) is 2.74. The lowest BCUT2D eigenvalue weighted by molar-refractivity contribution is -0.118. The lowest BCUT2D eigenvalue weighted by Crippen LogP contribution is -2.25. The highest BCUT2D eigenvalue weighted by Gasteiger charge is 2.19. The van der Waals surface area contributed by atoms with Crippen molar-refractivity contribution in [3.63, 3.8) is 0 Å². The van der Waals surface area contributed by atoms with Crippen molar-refractivity contribution < 1.29 is 4.79 Å². The first-order valence-electron chi connectivity index (χ1n) is 7.59. The van der Waals surface area contributed by atoms with E-state index in [9.17, 15) is 4.79 Å². The zero-order valence-electron chi connectivity index (χ0n) is 12.7. The molecule has 7 heteroatoms. The summed E-state index contributed by atoms with van der Waals surface area (Å²) in [5.74, 6) is 3.01. The summed E-state index contributed by atoms with van der Waals surface area (Å²) >= 11 is 3.00. The zero-order valence-corrected chi connectivity index (χ0v) is 14.4. The van der Waals surface area contributed by atoms with Crippen molar-refractivity contribution in [1.29, 1.82) is 0 Å². The van der Waals surface area contributed by atoms with Gasteiger partial charge in [0.25, 0.3) is 0 Å². The Bertz CT molecular complexity index is 778. The smallest absolute Gasteiger partial charge is 0.231 e. The molecule has 0 radical (unpaired) electrons. The maximum atomic E-state index is 11.6. The number of amides is 1. The van der Waals surface area contributed by atoms with E-state index in [1.54, 1.807) is 11.3 Å². The Morgan fingerprint density at radius 3 is 3.00 bits per heavy atom. The molecule has 120 valence electrons. The van der Waals surface area contributed by atoms with Crippen LogP contribution in [0.15, 0.2) is 5.16 Å². The Balaban J connectivity index is 1.82. The summed E-state index contributed by atoms with van der Waals surface area (Å²) in [7, 11) is 0. The average Bonchev–Trinajstić information content (AvgIpc) is 2.73. The molecule has 3 rings (SSSR count). The highest BCUT2D eigenvalue weighted by atomic mass is 32.2. The molecule has 1 aliphatic carbocycles. The molecule has 2 aromatic rings. The summed E-state index contributed by atoms with van der Waals surface area (Å²) in [6, 6.07) is 0. The summed E-state index contributed by atoms with van der Waals surface area (Å²) in [6.45, 7) is 0.235. The number of thiophene rings is 1. The highest BCUT2D eigenvalue weighted by molar-refractivity contribution is 7.99. The van der Waals surface area contributed by atoms with Crippen molar-refractivity contribution in [3.05, 3.63) is 10.4 Å². The predicted molar refractivity (Wildman–Crippen MR) is 95.7 cm³/mol. The van der Waals surface area contributed by atoms with E-state index in [0.29, 0.717) is 11.0 Å².